The molecule has 1 aromatic carbocycles. The molecule has 0 saturated carbocycles. The van der Waals surface area contributed by atoms with Gasteiger partial charge >= 0.3 is 0 Å². The predicted molar refractivity (Wildman–Crippen MR) is 90.6 cm³/mol. The molecule has 24 heavy (non-hydrogen) atoms. The maximum atomic E-state index is 12.3. The van der Waals surface area contributed by atoms with Gasteiger partial charge in [-0.3, -0.25) is 9.69 Å². The van der Waals surface area contributed by atoms with Gasteiger partial charge in [-0.2, -0.15) is 0 Å². The fraction of sp³-hybridized carbons (Fsp3) is 0.438. The first-order chi connectivity index (χ1) is 11.7. The lowest BCUT2D eigenvalue weighted by Crippen LogP contribution is -2.48. The lowest BCUT2D eigenvalue weighted by atomic mass is 10.1. The number of piperazine rings is 1. The maximum Gasteiger partial charge on any atom is 0.267 e. The Balaban J connectivity index is 1.60. The highest BCUT2D eigenvalue weighted by Crippen LogP contribution is 2.25. The van der Waals surface area contributed by atoms with Crippen LogP contribution >= 0.6 is 11.5 Å². The number of hydrogen-bond donors (Lipinski definition) is 0. The van der Waals surface area contributed by atoms with Crippen molar-refractivity contribution < 1.29 is 14.3 Å². The lowest BCUT2D eigenvalue weighted by Gasteiger charge is -2.34. The number of carbonyl (C=O) groups excluding carboxylic acids is 1. The first-order valence-corrected chi connectivity index (χ1v) is 8.48. The van der Waals surface area contributed by atoms with Crippen molar-refractivity contribution in [3.63, 3.8) is 0 Å². The highest BCUT2D eigenvalue weighted by atomic mass is 32.1. The van der Waals surface area contributed by atoms with Crippen molar-refractivity contribution in [1.29, 1.82) is 0 Å². The number of rotatable bonds is 5. The van der Waals surface area contributed by atoms with Crippen LogP contribution in [0.1, 0.15) is 15.2 Å². The molecule has 1 saturated heterocycles. The van der Waals surface area contributed by atoms with Crippen molar-refractivity contribution in [2.75, 3.05) is 40.4 Å². The van der Waals surface area contributed by atoms with E-state index in [1.807, 2.05) is 23.1 Å². The third kappa shape index (κ3) is 3.65. The molecule has 1 aliphatic heterocycles. The molecule has 7 nitrogen and oxygen atoms in total. The van der Waals surface area contributed by atoms with Gasteiger partial charge in [0.15, 0.2) is 0 Å². The van der Waals surface area contributed by atoms with Crippen molar-refractivity contribution in [2.24, 2.45) is 0 Å². The molecular formula is C16H20N4O3S. The normalized spacial score (nSPS) is 15.3. The Labute approximate surface area is 144 Å². The standard InChI is InChI=1S/C16H20N4O3S/c1-22-13-3-4-14(23-2)12(9-13)11-19-5-7-20(8-6-19)16(21)15-10-17-18-24-15/h3-4,9-10H,5-8,11H2,1-2H3. The van der Waals surface area contributed by atoms with E-state index in [9.17, 15) is 4.79 Å². The molecule has 0 N–H and O–H groups in total. The number of hydrogen-bond acceptors (Lipinski definition) is 7. The largest absolute Gasteiger partial charge is 0.497 e. The molecule has 8 heteroatoms. The first kappa shape index (κ1) is 16.7. The van der Waals surface area contributed by atoms with Crippen molar-refractivity contribution in [2.45, 2.75) is 6.54 Å². The Kier molecular flexibility index (Phi) is 5.27. The van der Waals surface area contributed by atoms with Gasteiger partial charge < -0.3 is 14.4 Å². The predicted octanol–water partition coefficient (Wildman–Crippen LogP) is 1.51. The SMILES string of the molecule is COc1ccc(OC)c(CN2CCN(C(=O)c3cnns3)CC2)c1. The van der Waals surface area contributed by atoms with Crippen LogP contribution in [0.25, 0.3) is 0 Å². The van der Waals surface area contributed by atoms with Crippen LogP contribution in [-0.4, -0.2) is 65.7 Å². The molecule has 2 heterocycles. The van der Waals surface area contributed by atoms with Gasteiger partial charge in [-0.05, 0) is 29.7 Å². The molecule has 2 aromatic rings. The summed E-state index contributed by atoms with van der Waals surface area (Å²) in [5.74, 6) is 1.69. The fourth-order valence-corrected chi connectivity index (χ4v) is 3.26. The van der Waals surface area contributed by atoms with Gasteiger partial charge in [0.1, 0.15) is 16.4 Å². The van der Waals surface area contributed by atoms with Gasteiger partial charge in [-0.1, -0.05) is 4.49 Å². The molecule has 3 rings (SSSR count). The number of benzene rings is 1. The van der Waals surface area contributed by atoms with Crippen molar-refractivity contribution in [3.05, 3.63) is 34.8 Å². The highest BCUT2D eigenvalue weighted by molar-refractivity contribution is 7.07. The zero-order valence-electron chi connectivity index (χ0n) is 13.8. The Morgan fingerprint density at radius 1 is 1.21 bits per heavy atom. The quantitative estimate of drug-likeness (QED) is 0.816. The number of methoxy groups -OCH3 is 2. The van der Waals surface area contributed by atoms with Crippen molar-refractivity contribution in [1.82, 2.24) is 19.4 Å². The Morgan fingerprint density at radius 3 is 2.62 bits per heavy atom. The number of ether oxygens (including phenoxy) is 2. The van der Waals surface area contributed by atoms with Gasteiger partial charge in [0, 0.05) is 38.3 Å². The van der Waals surface area contributed by atoms with Crippen LogP contribution in [0, 0.1) is 0 Å². The van der Waals surface area contributed by atoms with E-state index in [2.05, 4.69) is 14.5 Å². The molecule has 0 spiro atoms. The van der Waals surface area contributed by atoms with Crippen LogP contribution in [0.4, 0.5) is 0 Å². The Morgan fingerprint density at radius 2 is 2.00 bits per heavy atom. The van der Waals surface area contributed by atoms with Gasteiger partial charge in [0.2, 0.25) is 0 Å². The van der Waals surface area contributed by atoms with Crippen LogP contribution in [0.3, 0.4) is 0 Å². The molecule has 0 aliphatic carbocycles. The summed E-state index contributed by atoms with van der Waals surface area (Å²) in [6.45, 7) is 3.80. The van der Waals surface area contributed by atoms with Crippen molar-refractivity contribution >= 4 is 17.4 Å². The van der Waals surface area contributed by atoms with Crippen LogP contribution in [0.2, 0.25) is 0 Å². The van der Waals surface area contributed by atoms with Crippen molar-refractivity contribution in [3.8, 4) is 11.5 Å². The van der Waals surface area contributed by atoms with E-state index < -0.39 is 0 Å². The second kappa shape index (κ2) is 7.59. The zero-order valence-corrected chi connectivity index (χ0v) is 14.6. The fourth-order valence-electron chi connectivity index (χ4n) is 2.77. The summed E-state index contributed by atoms with van der Waals surface area (Å²) in [6, 6.07) is 5.81. The van der Waals surface area contributed by atoms with E-state index in [1.165, 1.54) is 6.20 Å². The summed E-state index contributed by atoms with van der Waals surface area (Å²) < 4.78 is 14.5. The third-order valence-corrected chi connectivity index (χ3v) is 4.77. The lowest BCUT2D eigenvalue weighted by molar-refractivity contribution is 0.0632. The van der Waals surface area contributed by atoms with E-state index in [-0.39, 0.29) is 5.91 Å². The Hall–Kier alpha value is -2.19. The van der Waals surface area contributed by atoms with E-state index in [1.54, 1.807) is 14.2 Å². The maximum absolute atomic E-state index is 12.3. The van der Waals surface area contributed by atoms with Gasteiger partial charge in [-0.15, -0.1) is 5.10 Å². The molecular weight excluding hydrogens is 328 g/mol. The number of carbonyl (C=O) groups is 1. The van der Waals surface area contributed by atoms with E-state index in [0.29, 0.717) is 18.0 Å². The number of amides is 1. The van der Waals surface area contributed by atoms with Gasteiger partial charge in [0.05, 0.1) is 20.4 Å². The summed E-state index contributed by atoms with van der Waals surface area (Å²) in [5.41, 5.74) is 1.09. The van der Waals surface area contributed by atoms with E-state index in [0.717, 1.165) is 48.2 Å². The molecule has 0 unspecified atom stereocenters. The molecule has 1 amide bonds. The second-order valence-electron chi connectivity index (χ2n) is 5.53. The molecule has 1 aromatic heterocycles. The molecule has 0 radical (unpaired) electrons. The summed E-state index contributed by atoms with van der Waals surface area (Å²) >= 11 is 1.14. The van der Waals surface area contributed by atoms with Gasteiger partial charge in [-0.25, -0.2) is 0 Å². The van der Waals surface area contributed by atoms with Crippen LogP contribution in [0.15, 0.2) is 24.4 Å². The monoisotopic (exact) mass is 348 g/mol. The third-order valence-electron chi connectivity index (χ3n) is 4.11. The molecule has 128 valence electrons. The summed E-state index contributed by atoms with van der Waals surface area (Å²) in [6.07, 6.45) is 1.53. The molecule has 1 fully saturated rings. The van der Waals surface area contributed by atoms with E-state index in [4.69, 9.17) is 9.47 Å². The summed E-state index contributed by atoms with van der Waals surface area (Å²) in [4.78, 5) is 17.1. The highest BCUT2D eigenvalue weighted by Gasteiger charge is 2.24. The topological polar surface area (TPSA) is 67.8 Å². The number of aromatic nitrogens is 2. The number of nitrogens with zero attached hydrogens (tertiary/aromatic N) is 4. The minimum atomic E-state index is 0.0172. The minimum absolute atomic E-state index is 0.0172. The second-order valence-corrected chi connectivity index (χ2v) is 6.31. The average molecular weight is 348 g/mol. The summed E-state index contributed by atoms with van der Waals surface area (Å²) in [5, 5.41) is 3.73. The van der Waals surface area contributed by atoms with E-state index >= 15 is 0 Å². The minimum Gasteiger partial charge on any atom is -0.497 e. The molecule has 0 atom stereocenters. The molecule has 0 bridgehead atoms. The van der Waals surface area contributed by atoms with Crippen LogP contribution < -0.4 is 9.47 Å². The zero-order chi connectivity index (χ0) is 16.9. The van der Waals surface area contributed by atoms with Crippen LogP contribution in [-0.2, 0) is 6.54 Å². The summed E-state index contributed by atoms with van der Waals surface area (Å²) in [7, 11) is 3.33. The average Bonchev–Trinajstić information content (AvgIpc) is 3.16. The van der Waals surface area contributed by atoms with Crippen LogP contribution in [0.5, 0.6) is 11.5 Å². The van der Waals surface area contributed by atoms with Gasteiger partial charge in [0.25, 0.3) is 5.91 Å². The first-order valence-electron chi connectivity index (χ1n) is 7.71. The molecule has 1 aliphatic rings. The smallest absolute Gasteiger partial charge is 0.267 e. The Bertz CT molecular complexity index is 685.